The minimum absolute atomic E-state index is 0.0715. The van der Waals surface area contributed by atoms with E-state index in [0.29, 0.717) is 18.6 Å². The molecule has 0 fully saturated rings. The summed E-state index contributed by atoms with van der Waals surface area (Å²) in [5.74, 6) is -2.52. The van der Waals surface area contributed by atoms with Crippen LogP contribution in [-0.2, 0) is 25.5 Å². The van der Waals surface area contributed by atoms with E-state index in [1.807, 2.05) is 0 Å². The maximum absolute atomic E-state index is 13.7. The number of aliphatic hydroxyl groups is 1. The molecule has 0 radical (unpaired) electrons. The Morgan fingerprint density at radius 1 is 1.17 bits per heavy atom. The number of esters is 1. The number of carbonyl (C=O) groups is 3. The van der Waals surface area contributed by atoms with Crippen LogP contribution >= 0.6 is 0 Å². The molecule has 0 atom stereocenters. The van der Waals surface area contributed by atoms with Crippen molar-refractivity contribution in [2.24, 2.45) is 0 Å². The summed E-state index contributed by atoms with van der Waals surface area (Å²) in [6.07, 6.45) is 0.596. The number of nitrogens with zero attached hydrogens (tertiary/aromatic N) is 1. The lowest BCUT2D eigenvalue weighted by Crippen LogP contribution is -2.31. The summed E-state index contributed by atoms with van der Waals surface area (Å²) in [5, 5.41) is 10.8. The van der Waals surface area contributed by atoms with E-state index < -0.39 is 17.6 Å². The van der Waals surface area contributed by atoms with Gasteiger partial charge in [-0.2, -0.15) is 0 Å². The van der Waals surface area contributed by atoms with Gasteiger partial charge in [-0.25, -0.2) is 9.29 Å². The summed E-state index contributed by atoms with van der Waals surface area (Å²) in [6, 6.07) is 10.4. The second-order valence-electron chi connectivity index (χ2n) is 6.55. The van der Waals surface area contributed by atoms with Crippen molar-refractivity contribution in [2.75, 3.05) is 11.5 Å². The summed E-state index contributed by atoms with van der Waals surface area (Å²) < 4.78 is 18.6. The molecule has 0 aromatic heterocycles. The number of imide groups is 1. The molecule has 6 nitrogen and oxygen atoms in total. The second-order valence-corrected chi connectivity index (χ2v) is 6.55. The molecule has 1 aliphatic heterocycles. The molecular weight excluding hydrogens is 377 g/mol. The molecule has 2 amide bonds. The van der Waals surface area contributed by atoms with Crippen LogP contribution in [0.2, 0.25) is 0 Å². The molecule has 0 bridgehead atoms. The van der Waals surface area contributed by atoms with E-state index >= 15 is 0 Å². The van der Waals surface area contributed by atoms with Crippen LogP contribution in [0, 0.1) is 5.82 Å². The fraction of sp³-hybridized carbons (Fsp3) is 0.227. The third kappa shape index (κ3) is 4.03. The van der Waals surface area contributed by atoms with Gasteiger partial charge in [0.25, 0.3) is 5.91 Å². The highest BCUT2D eigenvalue weighted by Crippen LogP contribution is 2.40. The van der Waals surface area contributed by atoms with Gasteiger partial charge in [-0.05, 0) is 43.2 Å². The van der Waals surface area contributed by atoms with Crippen LogP contribution in [-0.4, -0.2) is 29.5 Å². The topological polar surface area (TPSA) is 83.9 Å². The van der Waals surface area contributed by atoms with Crippen molar-refractivity contribution in [1.29, 1.82) is 0 Å². The van der Waals surface area contributed by atoms with E-state index in [4.69, 9.17) is 4.74 Å². The number of carbonyl (C=O) groups excluding carboxylic acids is 3. The SMILES string of the molecule is CCOC(=O)CCc1cccc(C(O)=C2C(=O)N(C(C)=O)c3cc(F)ccc32)c1. The molecule has 2 aromatic rings. The van der Waals surface area contributed by atoms with Crippen molar-refractivity contribution in [1.82, 2.24) is 0 Å². The summed E-state index contributed by atoms with van der Waals surface area (Å²) in [6.45, 7) is 3.23. The van der Waals surface area contributed by atoms with E-state index in [1.54, 1.807) is 31.2 Å². The van der Waals surface area contributed by atoms with Gasteiger partial charge in [0, 0.05) is 24.5 Å². The molecule has 2 aromatic carbocycles. The Morgan fingerprint density at radius 2 is 1.93 bits per heavy atom. The van der Waals surface area contributed by atoms with Crippen LogP contribution in [0.3, 0.4) is 0 Å². The third-order valence-electron chi connectivity index (χ3n) is 4.56. The number of benzene rings is 2. The average molecular weight is 397 g/mol. The standard InChI is InChI=1S/C22H20FNO5/c1-3-29-19(26)10-7-14-5-4-6-15(11-14)21(27)20-17-9-8-16(23)12-18(17)24(13(2)25)22(20)28/h4-6,8-9,11-12,27H,3,7,10H2,1-2H3. The molecule has 0 aliphatic carbocycles. The third-order valence-corrected chi connectivity index (χ3v) is 4.56. The molecule has 150 valence electrons. The van der Waals surface area contributed by atoms with Crippen LogP contribution in [0.4, 0.5) is 10.1 Å². The van der Waals surface area contributed by atoms with E-state index in [1.165, 1.54) is 19.1 Å². The Balaban J connectivity index is 2.00. The number of fused-ring (bicyclic) bond motifs is 1. The van der Waals surface area contributed by atoms with Crippen LogP contribution in [0.25, 0.3) is 11.3 Å². The summed E-state index contributed by atoms with van der Waals surface area (Å²) in [4.78, 5) is 37.1. The van der Waals surface area contributed by atoms with Gasteiger partial charge in [0.2, 0.25) is 5.91 Å². The minimum Gasteiger partial charge on any atom is -0.506 e. The summed E-state index contributed by atoms with van der Waals surface area (Å²) in [5.41, 5.74) is 1.44. The maximum Gasteiger partial charge on any atom is 0.306 e. The number of hydrogen-bond acceptors (Lipinski definition) is 5. The molecule has 1 N–H and O–H groups in total. The molecule has 0 unspecified atom stereocenters. The normalized spacial score (nSPS) is 14.6. The highest BCUT2D eigenvalue weighted by molar-refractivity contribution is 6.42. The van der Waals surface area contributed by atoms with Gasteiger partial charge in [-0.3, -0.25) is 14.4 Å². The molecular formula is C22H20FNO5. The first-order valence-electron chi connectivity index (χ1n) is 9.16. The number of rotatable bonds is 5. The predicted molar refractivity (Wildman–Crippen MR) is 105 cm³/mol. The number of aliphatic hydroxyl groups excluding tert-OH is 1. The first-order chi connectivity index (χ1) is 13.8. The van der Waals surface area contributed by atoms with Gasteiger partial charge < -0.3 is 9.84 Å². The smallest absolute Gasteiger partial charge is 0.306 e. The van der Waals surface area contributed by atoms with E-state index in [-0.39, 0.29) is 35.0 Å². The number of ether oxygens (including phenoxy) is 1. The van der Waals surface area contributed by atoms with E-state index in [0.717, 1.165) is 16.5 Å². The van der Waals surface area contributed by atoms with Crippen molar-refractivity contribution in [3.05, 3.63) is 65.0 Å². The van der Waals surface area contributed by atoms with Crippen LogP contribution in [0.1, 0.15) is 37.0 Å². The van der Waals surface area contributed by atoms with Gasteiger partial charge in [-0.1, -0.05) is 18.2 Å². The van der Waals surface area contributed by atoms with Crippen molar-refractivity contribution >= 4 is 34.8 Å². The summed E-state index contributed by atoms with van der Waals surface area (Å²) in [7, 11) is 0. The van der Waals surface area contributed by atoms with Gasteiger partial charge in [0.1, 0.15) is 11.6 Å². The van der Waals surface area contributed by atoms with Crippen LogP contribution in [0.15, 0.2) is 42.5 Å². The van der Waals surface area contributed by atoms with Gasteiger partial charge in [0.15, 0.2) is 0 Å². The predicted octanol–water partition coefficient (Wildman–Crippen LogP) is 3.64. The zero-order valence-corrected chi connectivity index (χ0v) is 16.1. The van der Waals surface area contributed by atoms with E-state index in [9.17, 15) is 23.9 Å². The zero-order valence-electron chi connectivity index (χ0n) is 16.1. The van der Waals surface area contributed by atoms with E-state index in [2.05, 4.69) is 0 Å². The molecule has 3 rings (SSSR count). The Morgan fingerprint density at radius 3 is 2.62 bits per heavy atom. The van der Waals surface area contributed by atoms with Gasteiger partial charge in [0.05, 0.1) is 17.9 Å². The monoisotopic (exact) mass is 397 g/mol. The number of hydrogen-bond donors (Lipinski definition) is 1. The molecule has 1 heterocycles. The quantitative estimate of drug-likeness (QED) is 0.473. The minimum atomic E-state index is -0.715. The molecule has 7 heteroatoms. The Hall–Kier alpha value is -3.48. The van der Waals surface area contributed by atoms with Crippen molar-refractivity contribution in [3.8, 4) is 0 Å². The number of amides is 2. The number of halogens is 1. The lowest BCUT2D eigenvalue weighted by Gasteiger charge is -2.12. The van der Waals surface area contributed by atoms with Crippen molar-refractivity contribution in [3.63, 3.8) is 0 Å². The summed E-state index contributed by atoms with van der Waals surface area (Å²) >= 11 is 0. The highest BCUT2D eigenvalue weighted by Gasteiger charge is 2.38. The van der Waals surface area contributed by atoms with Crippen LogP contribution in [0.5, 0.6) is 0 Å². The molecule has 29 heavy (non-hydrogen) atoms. The van der Waals surface area contributed by atoms with Crippen molar-refractivity contribution < 1.29 is 28.6 Å². The Kier molecular flexibility index (Phi) is 5.77. The largest absolute Gasteiger partial charge is 0.506 e. The lowest BCUT2D eigenvalue weighted by molar-refractivity contribution is -0.143. The fourth-order valence-corrected chi connectivity index (χ4v) is 3.28. The maximum atomic E-state index is 13.7. The Labute approximate surface area is 167 Å². The molecule has 1 aliphatic rings. The second kappa shape index (κ2) is 8.26. The first-order valence-corrected chi connectivity index (χ1v) is 9.16. The fourth-order valence-electron chi connectivity index (χ4n) is 3.28. The zero-order chi connectivity index (χ0) is 21.1. The Bertz CT molecular complexity index is 1030. The van der Waals surface area contributed by atoms with Crippen molar-refractivity contribution in [2.45, 2.75) is 26.7 Å². The van der Waals surface area contributed by atoms with Gasteiger partial charge >= 0.3 is 5.97 Å². The molecule has 0 spiro atoms. The lowest BCUT2D eigenvalue weighted by atomic mass is 9.99. The average Bonchev–Trinajstić information content (AvgIpc) is 2.97. The number of anilines is 1. The molecule has 0 saturated heterocycles. The first kappa shape index (κ1) is 20.3. The molecule has 0 saturated carbocycles. The van der Waals surface area contributed by atoms with Gasteiger partial charge in [-0.15, -0.1) is 0 Å². The highest BCUT2D eigenvalue weighted by atomic mass is 19.1. The number of aryl methyl sites for hydroxylation is 1. The van der Waals surface area contributed by atoms with Crippen LogP contribution < -0.4 is 4.90 Å².